The number of benzene rings is 2. The maximum Gasteiger partial charge on any atom is 0.218 e. The number of aromatic amines is 1. The first-order valence-electron chi connectivity index (χ1n) is 7.07. The van der Waals surface area contributed by atoms with Gasteiger partial charge in [-0.1, -0.05) is 40.9 Å². The van der Waals surface area contributed by atoms with Crippen molar-refractivity contribution in [3.8, 4) is 5.75 Å². The Hall–Kier alpha value is -1.95. The topological polar surface area (TPSA) is 62.8 Å². The molecule has 0 aliphatic rings. The van der Waals surface area contributed by atoms with Crippen LogP contribution in [-0.4, -0.2) is 15.2 Å². The van der Waals surface area contributed by atoms with Crippen LogP contribution in [0.2, 0.25) is 15.1 Å². The molecule has 0 saturated heterocycles. The first-order valence-corrected chi connectivity index (χ1v) is 8.20. The number of aromatic nitrogens is 3. The highest BCUT2D eigenvalue weighted by Crippen LogP contribution is 2.28. The van der Waals surface area contributed by atoms with Crippen LogP contribution in [0.25, 0.3) is 0 Å². The van der Waals surface area contributed by atoms with Crippen LogP contribution in [0.15, 0.2) is 42.7 Å². The fraction of sp³-hybridized carbons (Fsp3) is 0.125. The number of hydrogen-bond acceptors (Lipinski definition) is 4. The van der Waals surface area contributed by atoms with Crippen LogP contribution in [0.4, 0.5) is 5.95 Å². The van der Waals surface area contributed by atoms with Gasteiger partial charge in [0.25, 0.3) is 0 Å². The SMILES string of the molecule is Clc1ccc(OCc2c(Cl)cccc2Cl)c(CNc2ncn[nH]2)c1. The fourth-order valence-corrected chi connectivity index (χ4v) is 2.82. The molecule has 1 aromatic heterocycles. The number of anilines is 1. The minimum Gasteiger partial charge on any atom is -0.488 e. The second kappa shape index (κ2) is 7.75. The van der Waals surface area contributed by atoms with Crippen LogP contribution < -0.4 is 10.1 Å². The molecule has 0 aliphatic heterocycles. The highest BCUT2D eigenvalue weighted by molar-refractivity contribution is 6.36. The Morgan fingerprint density at radius 2 is 1.88 bits per heavy atom. The van der Waals surface area contributed by atoms with E-state index in [0.29, 0.717) is 33.3 Å². The van der Waals surface area contributed by atoms with Gasteiger partial charge in [0, 0.05) is 32.7 Å². The van der Waals surface area contributed by atoms with E-state index in [1.165, 1.54) is 6.33 Å². The molecule has 8 heteroatoms. The van der Waals surface area contributed by atoms with Crippen molar-refractivity contribution in [3.63, 3.8) is 0 Å². The molecule has 0 bridgehead atoms. The summed E-state index contributed by atoms with van der Waals surface area (Å²) >= 11 is 18.4. The summed E-state index contributed by atoms with van der Waals surface area (Å²) in [5.74, 6) is 1.25. The molecule has 0 saturated carbocycles. The van der Waals surface area contributed by atoms with Crippen LogP contribution in [0.3, 0.4) is 0 Å². The summed E-state index contributed by atoms with van der Waals surface area (Å²) in [5, 5.41) is 11.4. The number of nitrogens with one attached hydrogen (secondary N) is 2. The molecule has 0 spiro atoms. The predicted molar refractivity (Wildman–Crippen MR) is 96.0 cm³/mol. The van der Waals surface area contributed by atoms with E-state index in [2.05, 4.69) is 20.5 Å². The molecule has 5 nitrogen and oxygen atoms in total. The highest BCUT2D eigenvalue weighted by Gasteiger charge is 2.10. The average Bonchev–Trinajstić information content (AvgIpc) is 3.07. The number of hydrogen-bond donors (Lipinski definition) is 2. The van der Waals surface area contributed by atoms with Gasteiger partial charge in [-0.05, 0) is 30.3 Å². The first-order chi connectivity index (χ1) is 11.6. The number of H-pyrrole nitrogens is 1. The minimum absolute atomic E-state index is 0.259. The van der Waals surface area contributed by atoms with E-state index in [1.807, 2.05) is 12.1 Å². The Bertz CT molecular complexity index is 804. The molecule has 0 atom stereocenters. The lowest BCUT2D eigenvalue weighted by Gasteiger charge is -2.14. The number of ether oxygens (including phenoxy) is 1. The van der Waals surface area contributed by atoms with Gasteiger partial charge in [0.2, 0.25) is 5.95 Å². The van der Waals surface area contributed by atoms with Crippen molar-refractivity contribution in [2.75, 3.05) is 5.32 Å². The number of halogens is 3. The van der Waals surface area contributed by atoms with Crippen molar-refractivity contribution in [2.24, 2.45) is 0 Å². The molecule has 2 N–H and O–H groups in total. The van der Waals surface area contributed by atoms with Crippen molar-refractivity contribution in [1.82, 2.24) is 15.2 Å². The third-order valence-electron chi connectivity index (χ3n) is 3.32. The van der Waals surface area contributed by atoms with Gasteiger partial charge in [0.1, 0.15) is 18.7 Å². The Balaban J connectivity index is 1.75. The summed E-state index contributed by atoms with van der Waals surface area (Å²) in [5.41, 5.74) is 1.62. The summed E-state index contributed by atoms with van der Waals surface area (Å²) in [6.07, 6.45) is 1.43. The Morgan fingerprint density at radius 1 is 1.08 bits per heavy atom. The second-order valence-electron chi connectivity index (χ2n) is 4.93. The summed E-state index contributed by atoms with van der Waals surface area (Å²) in [6, 6.07) is 10.8. The Kier molecular flexibility index (Phi) is 5.45. The lowest BCUT2D eigenvalue weighted by molar-refractivity contribution is 0.303. The Labute approximate surface area is 153 Å². The van der Waals surface area contributed by atoms with Gasteiger partial charge >= 0.3 is 0 Å². The standard InChI is InChI=1S/C16H13Cl3N4O/c17-11-4-5-15(10(6-11)7-20-16-21-9-22-23-16)24-8-12-13(18)2-1-3-14(12)19/h1-6,9H,7-8H2,(H2,20,21,22,23). The molecule has 3 rings (SSSR count). The maximum atomic E-state index is 6.17. The molecule has 0 fully saturated rings. The maximum absolute atomic E-state index is 6.17. The largest absolute Gasteiger partial charge is 0.488 e. The minimum atomic E-state index is 0.259. The smallest absolute Gasteiger partial charge is 0.218 e. The van der Waals surface area contributed by atoms with Gasteiger partial charge in [-0.25, -0.2) is 10.1 Å². The van der Waals surface area contributed by atoms with Gasteiger partial charge in [-0.2, -0.15) is 5.10 Å². The molecular weight excluding hydrogens is 371 g/mol. The number of nitrogens with zero attached hydrogens (tertiary/aromatic N) is 2. The normalized spacial score (nSPS) is 10.6. The van der Waals surface area contributed by atoms with Gasteiger partial charge in [-0.3, -0.25) is 0 Å². The lowest BCUT2D eigenvalue weighted by Crippen LogP contribution is -2.05. The molecule has 0 radical (unpaired) electrons. The van der Waals surface area contributed by atoms with Crippen LogP contribution in [-0.2, 0) is 13.2 Å². The Morgan fingerprint density at radius 3 is 2.58 bits per heavy atom. The molecule has 24 heavy (non-hydrogen) atoms. The molecule has 124 valence electrons. The van der Waals surface area contributed by atoms with Gasteiger partial charge in [0.05, 0.1) is 0 Å². The van der Waals surface area contributed by atoms with E-state index < -0.39 is 0 Å². The van der Waals surface area contributed by atoms with Crippen LogP contribution in [0, 0.1) is 0 Å². The zero-order chi connectivity index (χ0) is 16.9. The lowest BCUT2D eigenvalue weighted by atomic mass is 10.2. The summed E-state index contributed by atoms with van der Waals surface area (Å²) in [4.78, 5) is 4.01. The van der Waals surface area contributed by atoms with Crippen LogP contribution >= 0.6 is 34.8 Å². The molecule has 0 unspecified atom stereocenters. The van der Waals surface area contributed by atoms with Crippen molar-refractivity contribution >= 4 is 40.8 Å². The van der Waals surface area contributed by atoms with Gasteiger partial charge < -0.3 is 10.1 Å². The van der Waals surface area contributed by atoms with E-state index in [-0.39, 0.29) is 6.61 Å². The average molecular weight is 384 g/mol. The summed E-state index contributed by atoms with van der Waals surface area (Å²) < 4.78 is 5.90. The van der Waals surface area contributed by atoms with Crippen molar-refractivity contribution in [3.05, 3.63) is 68.9 Å². The molecule has 3 aromatic rings. The molecule has 2 aromatic carbocycles. The van der Waals surface area contributed by atoms with E-state index in [4.69, 9.17) is 39.5 Å². The van der Waals surface area contributed by atoms with E-state index >= 15 is 0 Å². The van der Waals surface area contributed by atoms with Gasteiger partial charge in [0.15, 0.2) is 0 Å². The quantitative estimate of drug-likeness (QED) is 0.632. The van der Waals surface area contributed by atoms with Crippen molar-refractivity contribution in [2.45, 2.75) is 13.2 Å². The molecule has 0 amide bonds. The fourth-order valence-electron chi connectivity index (χ4n) is 2.12. The first kappa shape index (κ1) is 16.9. The van der Waals surface area contributed by atoms with Crippen LogP contribution in [0.1, 0.15) is 11.1 Å². The zero-order valence-corrected chi connectivity index (χ0v) is 14.7. The highest BCUT2D eigenvalue weighted by atomic mass is 35.5. The van der Waals surface area contributed by atoms with Crippen molar-refractivity contribution in [1.29, 1.82) is 0 Å². The summed E-state index contributed by atoms with van der Waals surface area (Å²) in [6.45, 7) is 0.733. The van der Waals surface area contributed by atoms with Crippen molar-refractivity contribution < 1.29 is 4.74 Å². The molecule has 0 aliphatic carbocycles. The van der Waals surface area contributed by atoms with E-state index in [1.54, 1.807) is 24.3 Å². The summed E-state index contributed by atoms with van der Waals surface area (Å²) in [7, 11) is 0. The second-order valence-corrected chi connectivity index (χ2v) is 6.18. The zero-order valence-electron chi connectivity index (χ0n) is 12.4. The number of rotatable bonds is 6. The predicted octanol–water partition coefficient (Wildman–Crippen LogP) is 4.96. The van der Waals surface area contributed by atoms with Gasteiger partial charge in [-0.15, -0.1) is 0 Å². The van der Waals surface area contributed by atoms with E-state index in [0.717, 1.165) is 11.1 Å². The van der Waals surface area contributed by atoms with E-state index in [9.17, 15) is 0 Å². The third kappa shape index (κ3) is 4.12. The third-order valence-corrected chi connectivity index (χ3v) is 4.26. The van der Waals surface area contributed by atoms with Crippen LogP contribution in [0.5, 0.6) is 5.75 Å². The molecular formula is C16H13Cl3N4O. The molecule has 1 heterocycles. The monoisotopic (exact) mass is 382 g/mol.